The van der Waals surface area contributed by atoms with Crippen molar-refractivity contribution in [3.05, 3.63) is 59.2 Å². The van der Waals surface area contributed by atoms with E-state index >= 15 is 0 Å². The standard InChI is InChI=1S/C18H16O/c19-18-7-3-6-14-16-9-8-12-4-1-2-5-13(12)15(16)10-11-17(14)18/h2-3,5-7,10-11,19H,1,4,8-9H2. The molecule has 0 aliphatic heterocycles. The monoisotopic (exact) mass is 248 g/mol. The fourth-order valence-electron chi connectivity index (χ4n) is 3.45. The molecule has 0 amide bonds. The molecule has 1 heteroatoms. The Morgan fingerprint density at radius 1 is 0.895 bits per heavy atom. The van der Waals surface area contributed by atoms with Crippen LogP contribution < -0.4 is 0 Å². The molecule has 0 saturated carbocycles. The lowest BCUT2D eigenvalue weighted by Gasteiger charge is -2.25. The van der Waals surface area contributed by atoms with Gasteiger partial charge < -0.3 is 5.11 Å². The molecule has 1 N–H and O–H groups in total. The van der Waals surface area contributed by atoms with Crippen LogP contribution in [0.4, 0.5) is 0 Å². The molecule has 2 aliphatic carbocycles. The molecule has 19 heavy (non-hydrogen) atoms. The molecule has 94 valence electrons. The zero-order chi connectivity index (χ0) is 12.8. The first-order valence-corrected chi connectivity index (χ1v) is 6.97. The van der Waals surface area contributed by atoms with Gasteiger partial charge in [-0.2, -0.15) is 0 Å². The predicted molar refractivity (Wildman–Crippen MR) is 79.2 cm³/mol. The lowest BCUT2D eigenvalue weighted by atomic mass is 9.79. The Morgan fingerprint density at radius 3 is 2.79 bits per heavy atom. The second-order valence-electron chi connectivity index (χ2n) is 5.42. The minimum absolute atomic E-state index is 0.388. The first-order chi connectivity index (χ1) is 9.34. The maximum atomic E-state index is 9.98. The molecule has 2 aliphatic rings. The smallest absolute Gasteiger partial charge is 0.123 e. The van der Waals surface area contributed by atoms with Crippen LogP contribution >= 0.6 is 0 Å². The summed E-state index contributed by atoms with van der Waals surface area (Å²) >= 11 is 0. The maximum absolute atomic E-state index is 9.98. The van der Waals surface area contributed by atoms with Crippen LogP contribution in [-0.4, -0.2) is 5.11 Å². The van der Waals surface area contributed by atoms with E-state index in [1.54, 1.807) is 11.6 Å². The lowest BCUT2D eigenvalue weighted by molar-refractivity contribution is 0.481. The van der Waals surface area contributed by atoms with E-state index in [0.717, 1.165) is 11.8 Å². The van der Waals surface area contributed by atoms with Crippen LogP contribution in [0.5, 0.6) is 5.75 Å². The van der Waals surface area contributed by atoms with Crippen LogP contribution in [0.2, 0.25) is 0 Å². The number of aromatic hydroxyl groups is 1. The zero-order valence-corrected chi connectivity index (χ0v) is 10.8. The van der Waals surface area contributed by atoms with Gasteiger partial charge in [0.15, 0.2) is 0 Å². The summed E-state index contributed by atoms with van der Waals surface area (Å²) in [5.74, 6) is 0.388. The molecule has 0 saturated heterocycles. The summed E-state index contributed by atoms with van der Waals surface area (Å²) in [6.45, 7) is 0. The van der Waals surface area contributed by atoms with E-state index in [1.165, 1.54) is 41.3 Å². The summed E-state index contributed by atoms with van der Waals surface area (Å²) in [5, 5.41) is 12.2. The second kappa shape index (κ2) is 3.99. The van der Waals surface area contributed by atoms with Crippen LogP contribution in [0.15, 0.2) is 48.1 Å². The highest BCUT2D eigenvalue weighted by Gasteiger charge is 2.20. The van der Waals surface area contributed by atoms with Crippen LogP contribution in [0.3, 0.4) is 0 Å². The third-order valence-electron chi connectivity index (χ3n) is 4.40. The number of hydrogen-bond donors (Lipinski definition) is 1. The summed E-state index contributed by atoms with van der Waals surface area (Å²) in [7, 11) is 0. The van der Waals surface area contributed by atoms with Gasteiger partial charge in [-0.05, 0) is 53.8 Å². The Morgan fingerprint density at radius 2 is 1.84 bits per heavy atom. The van der Waals surface area contributed by atoms with Gasteiger partial charge in [-0.15, -0.1) is 0 Å². The average molecular weight is 248 g/mol. The van der Waals surface area contributed by atoms with Crippen LogP contribution in [-0.2, 0) is 6.42 Å². The highest BCUT2D eigenvalue weighted by Crippen LogP contribution is 2.41. The van der Waals surface area contributed by atoms with Crippen molar-refractivity contribution < 1.29 is 5.11 Å². The number of fused-ring (bicyclic) bond motifs is 4. The van der Waals surface area contributed by atoms with E-state index in [2.05, 4.69) is 30.4 Å². The van der Waals surface area contributed by atoms with Crippen molar-refractivity contribution in [3.8, 4) is 5.75 Å². The number of allylic oxidation sites excluding steroid dienone is 4. The van der Waals surface area contributed by atoms with Crippen molar-refractivity contribution in [2.75, 3.05) is 0 Å². The molecule has 0 unspecified atom stereocenters. The van der Waals surface area contributed by atoms with E-state index in [4.69, 9.17) is 0 Å². The molecule has 4 rings (SSSR count). The lowest BCUT2D eigenvalue weighted by Crippen LogP contribution is -2.06. The Labute approximate surface area is 112 Å². The summed E-state index contributed by atoms with van der Waals surface area (Å²) < 4.78 is 0. The number of benzene rings is 2. The fourth-order valence-corrected chi connectivity index (χ4v) is 3.45. The molecular weight excluding hydrogens is 232 g/mol. The summed E-state index contributed by atoms with van der Waals surface area (Å²) in [5.41, 5.74) is 5.81. The molecule has 0 atom stereocenters. The quantitative estimate of drug-likeness (QED) is 0.722. The topological polar surface area (TPSA) is 20.2 Å². The van der Waals surface area contributed by atoms with Gasteiger partial charge in [0.25, 0.3) is 0 Å². The third-order valence-corrected chi connectivity index (χ3v) is 4.40. The Hall–Kier alpha value is -2.02. The van der Waals surface area contributed by atoms with E-state index in [9.17, 15) is 5.11 Å². The van der Waals surface area contributed by atoms with E-state index < -0.39 is 0 Å². The second-order valence-corrected chi connectivity index (χ2v) is 5.42. The molecule has 0 aromatic heterocycles. The maximum Gasteiger partial charge on any atom is 0.123 e. The normalized spacial score (nSPS) is 17.5. The van der Waals surface area contributed by atoms with Gasteiger partial charge in [0.05, 0.1) is 0 Å². The van der Waals surface area contributed by atoms with Gasteiger partial charge in [-0.25, -0.2) is 0 Å². The highest BCUT2D eigenvalue weighted by molar-refractivity contribution is 5.96. The first-order valence-electron chi connectivity index (χ1n) is 6.97. The van der Waals surface area contributed by atoms with Crippen LogP contribution in [0, 0.1) is 0 Å². The van der Waals surface area contributed by atoms with E-state index in [1.807, 2.05) is 6.07 Å². The first kappa shape index (κ1) is 10.9. The molecule has 2 aromatic carbocycles. The average Bonchev–Trinajstić information content (AvgIpc) is 2.47. The molecule has 0 bridgehead atoms. The molecule has 0 spiro atoms. The molecule has 2 aromatic rings. The Kier molecular flexibility index (Phi) is 2.28. The van der Waals surface area contributed by atoms with E-state index in [0.29, 0.717) is 5.75 Å². The highest BCUT2D eigenvalue weighted by atomic mass is 16.3. The minimum atomic E-state index is 0.388. The van der Waals surface area contributed by atoms with Crippen molar-refractivity contribution >= 4 is 16.3 Å². The van der Waals surface area contributed by atoms with E-state index in [-0.39, 0.29) is 0 Å². The van der Waals surface area contributed by atoms with Crippen LogP contribution in [0.25, 0.3) is 16.3 Å². The zero-order valence-electron chi connectivity index (χ0n) is 10.8. The molecule has 0 heterocycles. The number of rotatable bonds is 0. The SMILES string of the molecule is Oc1cccc2c3c(ccc12)C1=C(CCC=C1)CC3. The van der Waals surface area contributed by atoms with Gasteiger partial charge in [-0.3, -0.25) is 0 Å². The Balaban J connectivity index is 2.04. The van der Waals surface area contributed by atoms with Crippen molar-refractivity contribution in [3.63, 3.8) is 0 Å². The summed E-state index contributed by atoms with van der Waals surface area (Å²) in [6.07, 6.45) is 9.22. The molecule has 1 nitrogen and oxygen atoms in total. The minimum Gasteiger partial charge on any atom is -0.507 e. The van der Waals surface area contributed by atoms with Crippen LogP contribution in [0.1, 0.15) is 30.4 Å². The molecule has 0 radical (unpaired) electrons. The van der Waals surface area contributed by atoms with Crippen molar-refractivity contribution in [1.29, 1.82) is 0 Å². The summed E-state index contributed by atoms with van der Waals surface area (Å²) in [4.78, 5) is 0. The number of aryl methyl sites for hydroxylation is 1. The molecule has 0 fully saturated rings. The van der Waals surface area contributed by atoms with Gasteiger partial charge in [0.2, 0.25) is 0 Å². The summed E-state index contributed by atoms with van der Waals surface area (Å²) in [6, 6.07) is 10.1. The number of phenolic OH excluding ortho intramolecular Hbond substituents is 1. The van der Waals surface area contributed by atoms with Crippen molar-refractivity contribution in [2.45, 2.75) is 25.7 Å². The fraction of sp³-hybridized carbons (Fsp3) is 0.222. The third kappa shape index (κ3) is 1.54. The number of hydrogen-bond acceptors (Lipinski definition) is 1. The van der Waals surface area contributed by atoms with Gasteiger partial charge in [0, 0.05) is 5.39 Å². The molecular formula is C18H16O. The number of phenols is 1. The predicted octanol–water partition coefficient (Wildman–Crippen LogP) is 4.60. The Bertz CT molecular complexity index is 735. The van der Waals surface area contributed by atoms with Gasteiger partial charge in [-0.1, -0.05) is 42.0 Å². The van der Waals surface area contributed by atoms with Crippen molar-refractivity contribution in [2.24, 2.45) is 0 Å². The largest absolute Gasteiger partial charge is 0.507 e. The van der Waals surface area contributed by atoms with Gasteiger partial charge >= 0.3 is 0 Å². The van der Waals surface area contributed by atoms with Gasteiger partial charge in [0.1, 0.15) is 5.75 Å². The van der Waals surface area contributed by atoms with Crippen molar-refractivity contribution in [1.82, 2.24) is 0 Å².